The molecule has 0 saturated carbocycles. The van der Waals surface area contributed by atoms with Crippen molar-refractivity contribution in [1.29, 1.82) is 0 Å². The Bertz CT molecular complexity index is 1880. The Balaban J connectivity index is 1.24. The van der Waals surface area contributed by atoms with Crippen LogP contribution in [0.4, 0.5) is 5.69 Å². The van der Waals surface area contributed by atoms with Gasteiger partial charge in [0.15, 0.2) is 0 Å². The van der Waals surface area contributed by atoms with E-state index in [2.05, 4.69) is 9.71 Å². The van der Waals surface area contributed by atoms with Crippen LogP contribution in [0.2, 0.25) is 0 Å². The fourth-order valence-electron chi connectivity index (χ4n) is 5.04. The van der Waals surface area contributed by atoms with Gasteiger partial charge in [-0.3, -0.25) is 24.2 Å². The predicted octanol–water partition coefficient (Wildman–Crippen LogP) is 6.28. The van der Waals surface area contributed by atoms with E-state index in [1.165, 1.54) is 0 Å². The molecule has 5 aromatic rings. The molecule has 0 spiro atoms. The zero-order valence-electron chi connectivity index (χ0n) is 21.6. The van der Waals surface area contributed by atoms with Crippen LogP contribution in [-0.2, 0) is 10.0 Å². The maximum atomic E-state index is 13.2. The number of pyridine rings is 1. The van der Waals surface area contributed by atoms with Crippen molar-refractivity contribution in [2.75, 3.05) is 17.0 Å². The Hall–Kier alpha value is -4.21. The second kappa shape index (κ2) is 10.4. The topological polar surface area (TPSA) is 96.4 Å². The highest BCUT2D eigenvalue weighted by Crippen LogP contribution is 2.40. The maximum Gasteiger partial charge on any atom is 0.261 e. The van der Waals surface area contributed by atoms with Crippen molar-refractivity contribution in [3.63, 3.8) is 0 Å². The van der Waals surface area contributed by atoms with E-state index < -0.39 is 10.0 Å². The molecule has 0 atom stereocenters. The second-order valence-electron chi connectivity index (χ2n) is 9.61. The van der Waals surface area contributed by atoms with Crippen molar-refractivity contribution in [2.45, 2.75) is 23.1 Å². The number of hydrogen-bond donors (Lipinski definition) is 1. The van der Waals surface area contributed by atoms with Gasteiger partial charge in [-0.15, -0.1) is 0 Å². The molecule has 0 unspecified atom stereocenters. The summed E-state index contributed by atoms with van der Waals surface area (Å²) in [4.78, 5) is 32.8. The van der Waals surface area contributed by atoms with E-state index in [0.29, 0.717) is 16.8 Å². The summed E-state index contributed by atoms with van der Waals surface area (Å²) in [6.07, 6.45) is 1.88. The fourth-order valence-corrected chi connectivity index (χ4v) is 7.24. The monoisotopic (exact) mass is 567 g/mol. The van der Waals surface area contributed by atoms with Crippen molar-refractivity contribution >= 4 is 61.0 Å². The third-order valence-electron chi connectivity index (χ3n) is 7.02. The predicted molar refractivity (Wildman–Crippen MR) is 158 cm³/mol. The van der Waals surface area contributed by atoms with Crippen LogP contribution in [-0.4, -0.2) is 42.4 Å². The summed E-state index contributed by atoms with van der Waals surface area (Å²) in [7, 11) is -3.78. The first-order chi connectivity index (χ1) is 19.3. The van der Waals surface area contributed by atoms with Crippen LogP contribution >= 0.6 is 11.8 Å². The van der Waals surface area contributed by atoms with E-state index in [4.69, 9.17) is 0 Å². The minimum Gasteiger partial charge on any atom is -0.283 e. The van der Waals surface area contributed by atoms with E-state index >= 15 is 0 Å². The molecule has 7 nitrogen and oxygen atoms in total. The van der Waals surface area contributed by atoms with Crippen LogP contribution in [0.5, 0.6) is 0 Å². The molecule has 0 bridgehead atoms. The number of nitrogens with one attached hydrogen (secondary N) is 1. The second-order valence-corrected chi connectivity index (χ2v) is 12.5. The molecule has 2 amide bonds. The van der Waals surface area contributed by atoms with Crippen LogP contribution in [0.25, 0.3) is 21.7 Å². The number of carbonyl (C=O) groups is 2. The van der Waals surface area contributed by atoms with E-state index in [1.54, 1.807) is 42.2 Å². The van der Waals surface area contributed by atoms with Gasteiger partial charge >= 0.3 is 0 Å². The zero-order valence-corrected chi connectivity index (χ0v) is 23.3. The smallest absolute Gasteiger partial charge is 0.261 e. The van der Waals surface area contributed by atoms with E-state index in [1.807, 2.05) is 67.6 Å². The molecule has 40 heavy (non-hydrogen) atoms. The molecule has 1 N–H and O–H groups in total. The van der Waals surface area contributed by atoms with Gasteiger partial charge in [0.1, 0.15) is 0 Å². The number of para-hydroxylation sites is 1. The lowest BCUT2D eigenvalue weighted by atomic mass is 10.0. The molecule has 0 saturated heterocycles. The largest absolute Gasteiger partial charge is 0.283 e. The summed E-state index contributed by atoms with van der Waals surface area (Å²) in [6, 6.07) is 26.1. The first kappa shape index (κ1) is 26.0. The molecule has 2 heterocycles. The number of imide groups is 1. The van der Waals surface area contributed by atoms with Gasteiger partial charge in [0, 0.05) is 33.3 Å². The van der Waals surface area contributed by atoms with Gasteiger partial charge in [-0.25, -0.2) is 8.42 Å². The molecule has 0 aliphatic carbocycles. The van der Waals surface area contributed by atoms with Crippen molar-refractivity contribution < 1.29 is 18.0 Å². The molecule has 1 aliphatic heterocycles. The average molecular weight is 568 g/mol. The highest BCUT2D eigenvalue weighted by Gasteiger charge is 2.34. The molecular formula is C31H25N3O4S2. The third-order valence-corrected chi connectivity index (χ3v) is 9.57. The molecule has 1 aliphatic rings. The molecule has 6 rings (SSSR count). The Morgan fingerprint density at radius 1 is 0.825 bits per heavy atom. The summed E-state index contributed by atoms with van der Waals surface area (Å²) < 4.78 is 29.2. The first-order valence-electron chi connectivity index (χ1n) is 12.8. The highest BCUT2D eigenvalue weighted by molar-refractivity contribution is 7.99. The van der Waals surface area contributed by atoms with Gasteiger partial charge in [-0.2, -0.15) is 0 Å². The van der Waals surface area contributed by atoms with Crippen molar-refractivity contribution in [1.82, 2.24) is 9.88 Å². The number of rotatable bonds is 8. The average Bonchev–Trinajstić information content (AvgIpc) is 3.20. The quantitative estimate of drug-likeness (QED) is 0.222. The Morgan fingerprint density at radius 3 is 2.25 bits per heavy atom. The molecule has 4 aromatic carbocycles. The van der Waals surface area contributed by atoms with Gasteiger partial charge in [0.05, 0.1) is 28.1 Å². The van der Waals surface area contributed by atoms with Gasteiger partial charge in [0.2, 0.25) is 10.0 Å². The van der Waals surface area contributed by atoms with E-state index in [-0.39, 0.29) is 30.5 Å². The van der Waals surface area contributed by atoms with Gasteiger partial charge < -0.3 is 0 Å². The molecule has 200 valence electrons. The minimum absolute atomic E-state index is 0.0249. The van der Waals surface area contributed by atoms with E-state index in [0.717, 1.165) is 41.9 Å². The molecule has 1 aromatic heterocycles. The summed E-state index contributed by atoms with van der Waals surface area (Å²) in [5, 5.41) is 2.78. The summed E-state index contributed by atoms with van der Waals surface area (Å²) in [6.45, 7) is 2.06. The fraction of sp³-hybridized carbons (Fsp3) is 0.129. The molecule has 9 heteroatoms. The van der Waals surface area contributed by atoms with Crippen LogP contribution in [0.1, 0.15) is 32.7 Å². The number of benzene rings is 4. The number of nitrogens with zero attached hydrogens (tertiary/aromatic N) is 2. The standard InChI is InChI=1S/C31H25N3O4S2/c1-20-22-11-2-3-12-23(22)26(19-28(20)39-27-15-6-9-21-10-7-16-32-29(21)27)33-40(37,38)18-8-17-34-30(35)24-13-4-5-14-25(24)31(34)36/h2-7,9-16,19,33H,8,17-18H2,1H3. The zero-order chi connectivity index (χ0) is 27.9. The number of sulfonamides is 1. The van der Waals surface area contributed by atoms with Crippen LogP contribution in [0, 0.1) is 6.92 Å². The number of carbonyl (C=O) groups excluding carboxylic acids is 2. The third kappa shape index (κ3) is 4.82. The van der Waals surface area contributed by atoms with Gasteiger partial charge in [-0.1, -0.05) is 66.4 Å². The highest BCUT2D eigenvalue weighted by atomic mass is 32.2. The van der Waals surface area contributed by atoms with Crippen LogP contribution < -0.4 is 4.72 Å². The van der Waals surface area contributed by atoms with E-state index in [9.17, 15) is 18.0 Å². The normalized spacial score (nSPS) is 13.3. The Kier molecular flexibility index (Phi) is 6.77. The first-order valence-corrected chi connectivity index (χ1v) is 15.3. The van der Waals surface area contributed by atoms with Crippen molar-refractivity contribution in [2.24, 2.45) is 0 Å². The molecular weight excluding hydrogens is 542 g/mol. The number of amides is 2. The lowest BCUT2D eigenvalue weighted by Crippen LogP contribution is -2.32. The van der Waals surface area contributed by atoms with Gasteiger partial charge in [0.25, 0.3) is 11.8 Å². The molecule has 0 fully saturated rings. The molecule has 0 radical (unpaired) electrons. The van der Waals surface area contributed by atoms with Crippen LogP contribution in [0.3, 0.4) is 0 Å². The van der Waals surface area contributed by atoms with Gasteiger partial charge in [-0.05, 0) is 54.6 Å². The number of fused-ring (bicyclic) bond motifs is 3. The lowest BCUT2D eigenvalue weighted by molar-refractivity contribution is 0.0654. The minimum atomic E-state index is -3.78. The SMILES string of the molecule is Cc1c(Sc2cccc3cccnc23)cc(NS(=O)(=O)CCCN2C(=O)c3ccccc3C2=O)c2ccccc12. The van der Waals surface area contributed by atoms with Crippen LogP contribution in [0.15, 0.2) is 101 Å². The number of anilines is 1. The number of aromatic nitrogens is 1. The van der Waals surface area contributed by atoms with Crippen molar-refractivity contribution in [3.8, 4) is 0 Å². The number of aryl methyl sites for hydroxylation is 1. The Morgan fingerprint density at radius 2 is 1.50 bits per heavy atom. The maximum absolute atomic E-state index is 13.2. The lowest BCUT2D eigenvalue weighted by Gasteiger charge is -2.17. The number of hydrogen-bond acceptors (Lipinski definition) is 6. The summed E-state index contributed by atoms with van der Waals surface area (Å²) in [5.74, 6) is -1.02. The van der Waals surface area contributed by atoms with Crippen molar-refractivity contribution in [3.05, 3.63) is 108 Å². The summed E-state index contributed by atoms with van der Waals surface area (Å²) >= 11 is 1.55. The Labute approximate surface area is 236 Å². The summed E-state index contributed by atoms with van der Waals surface area (Å²) in [5.41, 5.74) is 3.12.